The fraction of sp³-hybridized carbons (Fsp3) is 0.200. The van der Waals surface area contributed by atoms with Crippen LogP contribution in [0.15, 0.2) is 47.4 Å². The Kier molecular flexibility index (Phi) is 6.03. The predicted molar refractivity (Wildman–Crippen MR) is 113 cm³/mol. The molecule has 0 saturated carbocycles. The molecule has 0 N–H and O–H groups in total. The van der Waals surface area contributed by atoms with Gasteiger partial charge in [-0.25, -0.2) is 0 Å². The molecule has 2 aromatic carbocycles. The summed E-state index contributed by atoms with van der Waals surface area (Å²) in [7, 11) is 3.12. The van der Waals surface area contributed by atoms with Crippen LogP contribution in [-0.2, 0) is 4.79 Å². The van der Waals surface area contributed by atoms with E-state index in [4.69, 9.17) is 26.4 Å². The lowest BCUT2D eigenvalue weighted by atomic mass is 10.2. The van der Waals surface area contributed by atoms with E-state index in [2.05, 4.69) is 0 Å². The standard InChI is InChI=1S/C20H19NO4S2/c1-4-25-15-7-5-6-13(10-15)11-18-19(22)21(20(26)27-18)16-12-14(23-2)8-9-17(16)24-3/h5-12H,4H2,1-3H3/b18-11-. The summed E-state index contributed by atoms with van der Waals surface area (Å²) >= 11 is 6.71. The number of methoxy groups -OCH3 is 2. The van der Waals surface area contributed by atoms with Gasteiger partial charge in [0, 0.05) is 6.07 Å². The first-order valence-corrected chi connectivity index (χ1v) is 9.52. The molecule has 1 saturated heterocycles. The normalized spacial score (nSPS) is 15.4. The summed E-state index contributed by atoms with van der Waals surface area (Å²) in [4.78, 5) is 15.0. The molecule has 1 aliphatic heterocycles. The minimum absolute atomic E-state index is 0.196. The van der Waals surface area contributed by atoms with Crippen LogP contribution in [0.4, 0.5) is 5.69 Å². The van der Waals surface area contributed by atoms with Gasteiger partial charge in [-0.2, -0.15) is 0 Å². The number of rotatable bonds is 6. The van der Waals surface area contributed by atoms with Crippen molar-refractivity contribution in [1.29, 1.82) is 0 Å². The molecule has 1 aliphatic rings. The van der Waals surface area contributed by atoms with Crippen LogP contribution in [0.1, 0.15) is 12.5 Å². The number of carbonyl (C=O) groups is 1. The Morgan fingerprint density at radius 3 is 2.63 bits per heavy atom. The highest BCUT2D eigenvalue weighted by atomic mass is 32.2. The van der Waals surface area contributed by atoms with Crippen molar-refractivity contribution in [2.24, 2.45) is 0 Å². The van der Waals surface area contributed by atoms with Crippen LogP contribution in [0.5, 0.6) is 17.2 Å². The van der Waals surface area contributed by atoms with Gasteiger partial charge in [0.15, 0.2) is 4.32 Å². The average Bonchev–Trinajstić information content (AvgIpc) is 2.95. The number of thioether (sulfide) groups is 1. The second-order valence-electron chi connectivity index (χ2n) is 5.56. The number of benzene rings is 2. The summed E-state index contributed by atoms with van der Waals surface area (Å²) in [6, 6.07) is 12.8. The lowest BCUT2D eigenvalue weighted by Gasteiger charge is -2.18. The van der Waals surface area contributed by atoms with Gasteiger partial charge >= 0.3 is 0 Å². The molecule has 0 aliphatic carbocycles. The summed E-state index contributed by atoms with van der Waals surface area (Å²) < 4.78 is 16.6. The number of hydrogen-bond acceptors (Lipinski definition) is 6. The molecule has 1 heterocycles. The molecule has 3 rings (SSSR count). The van der Waals surface area contributed by atoms with E-state index in [1.807, 2.05) is 37.3 Å². The summed E-state index contributed by atoms with van der Waals surface area (Å²) in [6.07, 6.45) is 1.81. The number of amides is 1. The van der Waals surface area contributed by atoms with Gasteiger partial charge in [-0.05, 0) is 42.8 Å². The molecule has 0 bridgehead atoms. The van der Waals surface area contributed by atoms with E-state index in [0.29, 0.717) is 33.0 Å². The molecule has 0 unspecified atom stereocenters. The van der Waals surface area contributed by atoms with Gasteiger partial charge in [-0.1, -0.05) is 36.1 Å². The van der Waals surface area contributed by atoms with Crippen molar-refractivity contribution in [1.82, 2.24) is 0 Å². The van der Waals surface area contributed by atoms with E-state index in [0.717, 1.165) is 11.3 Å². The molecule has 0 spiro atoms. The van der Waals surface area contributed by atoms with E-state index >= 15 is 0 Å². The Labute approximate surface area is 167 Å². The minimum Gasteiger partial charge on any atom is -0.497 e. The van der Waals surface area contributed by atoms with E-state index in [9.17, 15) is 4.79 Å². The molecular weight excluding hydrogens is 382 g/mol. The zero-order valence-electron chi connectivity index (χ0n) is 15.2. The Morgan fingerprint density at radius 2 is 1.93 bits per heavy atom. The van der Waals surface area contributed by atoms with Crippen molar-refractivity contribution in [3.63, 3.8) is 0 Å². The van der Waals surface area contributed by atoms with Gasteiger partial charge in [0.25, 0.3) is 5.91 Å². The van der Waals surface area contributed by atoms with Crippen molar-refractivity contribution in [3.05, 3.63) is 52.9 Å². The van der Waals surface area contributed by atoms with Crippen molar-refractivity contribution >= 4 is 46.0 Å². The van der Waals surface area contributed by atoms with Gasteiger partial charge in [0.1, 0.15) is 17.2 Å². The van der Waals surface area contributed by atoms with Gasteiger partial charge < -0.3 is 14.2 Å². The molecule has 7 heteroatoms. The first kappa shape index (κ1) is 19.3. The molecule has 27 heavy (non-hydrogen) atoms. The van der Waals surface area contributed by atoms with Crippen LogP contribution < -0.4 is 19.1 Å². The molecule has 140 valence electrons. The highest BCUT2D eigenvalue weighted by Crippen LogP contribution is 2.41. The van der Waals surface area contributed by atoms with Crippen molar-refractivity contribution in [2.45, 2.75) is 6.92 Å². The van der Waals surface area contributed by atoms with Crippen molar-refractivity contribution in [2.75, 3.05) is 25.7 Å². The summed E-state index contributed by atoms with van der Waals surface area (Å²) in [5.41, 5.74) is 1.44. The van der Waals surface area contributed by atoms with E-state index in [1.165, 1.54) is 16.7 Å². The monoisotopic (exact) mass is 401 g/mol. The van der Waals surface area contributed by atoms with Gasteiger partial charge in [-0.3, -0.25) is 9.69 Å². The van der Waals surface area contributed by atoms with Gasteiger partial charge in [0.2, 0.25) is 0 Å². The number of ether oxygens (including phenoxy) is 3. The quantitative estimate of drug-likeness (QED) is 0.524. The summed E-state index contributed by atoms with van der Waals surface area (Å²) in [5.74, 6) is 1.73. The zero-order valence-corrected chi connectivity index (χ0v) is 16.9. The lowest BCUT2D eigenvalue weighted by molar-refractivity contribution is -0.113. The number of carbonyl (C=O) groups excluding carboxylic acids is 1. The average molecular weight is 402 g/mol. The maximum Gasteiger partial charge on any atom is 0.270 e. The second-order valence-corrected chi connectivity index (χ2v) is 7.24. The first-order valence-electron chi connectivity index (χ1n) is 8.30. The maximum absolute atomic E-state index is 13.0. The van der Waals surface area contributed by atoms with Crippen LogP contribution >= 0.6 is 24.0 Å². The zero-order chi connectivity index (χ0) is 19.4. The first-order chi connectivity index (χ1) is 13.1. The van der Waals surface area contributed by atoms with E-state index in [1.54, 1.807) is 32.4 Å². The molecule has 1 fully saturated rings. The SMILES string of the molecule is CCOc1cccc(/C=C2\SC(=S)N(c3cc(OC)ccc3OC)C2=O)c1. The lowest BCUT2D eigenvalue weighted by Crippen LogP contribution is -2.28. The summed E-state index contributed by atoms with van der Waals surface area (Å²) in [6.45, 7) is 2.51. The van der Waals surface area contributed by atoms with Crippen LogP contribution in [0.25, 0.3) is 6.08 Å². The van der Waals surface area contributed by atoms with Crippen molar-refractivity contribution < 1.29 is 19.0 Å². The number of thiocarbonyl (C=S) groups is 1. The molecule has 5 nitrogen and oxygen atoms in total. The number of hydrogen-bond donors (Lipinski definition) is 0. The van der Waals surface area contributed by atoms with Crippen LogP contribution in [0, 0.1) is 0 Å². The third kappa shape index (κ3) is 4.09. The van der Waals surface area contributed by atoms with E-state index in [-0.39, 0.29) is 5.91 Å². The summed E-state index contributed by atoms with van der Waals surface area (Å²) in [5, 5.41) is 0. The Balaban J connectivity index is 1.95. The highest BCUT2D eigenvalue weighted by molar-refractivity contribution is 8.27. The molecule has 0 aromatic heterocycles. The molecule has 0 atom stereocenters. The molecular formula is C20H19NO4S2. The number of nitrogens with zero attached hydrogens (tertiary/aromatic N) is 1. The molecule has 2 aromatic rings. The third-order valence-corrected chi connectivity index (χ3v) is 5.19. The second kappa shape index (κ2) is 8.45. The fourth-order valence-corrected chi connectivity index (χ4v) is 3.94. The predicted octanol–water partition coefficient (Wildman–Crippen LogP) is 4.51. The van der Waals surface area contributed by atoms with Crippen LogP contribution in [-0.4, -0.2) is 31.1 Å². The van der Waals surface area contributed by atoms with Gasteiger partial charge in [0.05, 0.1) is 31.4 Å². The topological polar surface area (TPSA) is 48.0 Å². The van der Waals surface area contributed by atoms with Crippen molar-refractivity contribution in [3.8, 4) is 17.2 Å². The third-order valence-electron chi connectivity index (χ3n) is 3.89. The van der Waals surface area contributed by atoms with Crippen LogP contribution in [0.3, 0.4) is 0 Å². The smallest absolute Gasteiger partial charge is 0.270 e. The Hall–Kier alpha value is -2.51. The van der Waals surface area contributed by atoms with E-state index < -0.39 is 0 Å². The molecule has 1 amide bonds. The van der Waals surface area contributed by atoms with Crippen LogP contribution in [0.2, 0.25) is 0 Å². The maximum atomic E-state index is 13.0. The molecule has 0 radical (unpaired) electrons. The largest absolute Gasteiger partial charge is 0.497 e. The Bertz CT molecular complexity index is 911. The fourth-order valence-electron chi connectivity index (χ4n) is 2.66. The Morgan fingerprint density at radius 1 is 1.11 bits per heavy atom. The highest BCUT2D eigenvalue weighted by Gasteiger charge is 2.35. The van der Waals surface area contributed by atoms with Gasteiger partial charge in [-0.15, -0.1) is 0 Å². The minimum atomic E-state index is -0.196. The number of anilines is 1.